The fourth-order valence-electron chi connectivity index (χ4n) is 2.09. The molecule has 20 heavy (non-hydrogen) atoms. The number of nitrogens with one attached hydrogen (secondary N) is 1. The Hall–Kier alpha value is -1.23. The van der Waals surface area contributed by atoms with Crippen LogP contribution in [0.2, 0.25) is 0 Å². The highest BCUT2D eigenvalue weighted by atomic mass is 32.1. The molecule has 0 aliphatic heterocycles. The minimum atomic E-state index is -0.162. The maximum absolute atomic E-state index is 13.1. The Balaban J connectivity index is 1.59. The first-order valence-corrected chi connectivity index (χ1v) is 7.78. The SMILES string of the molecule is CN(CCNCCc1cccs1)Cc1cccc(F)c1. The Labute approximate surface area is 124 Å². The molecule has 2 nitrogen and oxygen atoms in total. The summed E-state index contributed by atoms with van der Waals surface area (Å²) >= 11 is 1.80. The van der Waals surface area contributed by atoms with E-state index in [-0.39, 0.29) is 5.82 Å². The van der Waals surface area contributed by atoms with E-state index in [1.807, 2.05) is 6.07 Å². The van der Waals surface area contributed by atoms with Crippen LogP contribution in [0.15, 0.2) is 41.8 Å². The van der Waals surface area contributed by atoms with Gasteiger partial charge in [-0.15, -0.1) is 11.3 Å². The van der Waals surface area contributed by atoms with Crippen LogP contribution < -0.4 is 5.32 Å². The molecule has 0 amide bonds. The van der Waals surface area contributed by atoms with E-state index in [0.717, 1.165) is 38.2 Å². The second-order valence-corrected chi connectivity index (χ2v) is 5.98. The van der Waals surface area contributed by atoms with Crippen molar-refractivity contribution in [2.75, 3.05) is 26.7 Å². The molecule has 0 fully saturated rings. The molecule has 108 valence electrons. The zero-order chi connectivity index (χ0) is 14.2. The van der Waals surface area contributed by atoms with E-state index in [1.165, 1.54) is 10.9 Å². The summed E-state index contributed by atoms with van der Waals surface area (Å²) < 4.78 is 13.1. The normalized spacial score (nSPS) is 11.2. The fraction of sp³-hybridized carbons (Fsp3) is 0.375. The lowest BCUT2D eigenvalue weighted by Crippen LogP contribution is -2.30. The lowest BCUT2D eigenvalue weighted by atomic mass is 10.2. The largest absolute Gasteiger partial charge is 0.315 e. The molecule has 1 aromatic carbocycles. The zero-order valence-corrected chi connectivity index (χ0v) is 12.6. The highest BCUT2D eigenvalue weighted by Crippen LogP contribution is 2.08. The molecule has 0 atom stereocenters. The maximum atomic E-state index is 13.1. The topological polar surface area (TPSA) is 15.3 Å². The third kappa shape index (κ3) is 5.41. The highest BCUT2D eigenvalue weighted by molar-refractivity contribution is 7.09. The molecule has 0 saturated heterocycles. The van der Waals surface area contributed by atoms with Crippen molar-refractivity contribution in [2.45, 2.75) is 13.0 Å². The molecule has 0 spiro atoms. The van der Waals surface area contributed by atoms with E-state index < -0.39 is 0 Å². The average molecular weight is 292 g/mol. The molecule has 0 aliphatic rings. The van der Waals surface area contributed by atoms with Gasteiger partial charge in [-0.1, -0.05) is 18.2 Å². The molecule has 0 unspecified atom stereocenters. The van der Waals surface area contributed by atoms with Gasteiger partial charge in [0.25, 0.3) is 0 Å². The predicted molar refractivity (Wildman–Crippen MR) is 83.6 cm³/mol. The summed E-state index contributed by atoms with van der Waals surface area (Å²) in [6, 6.07) is 11.1. The summed E-state index contributed by atoms with van der Waals surface area (Å²) in [5.74, 6) is -0.162. The Bertz CT molecular complexity index is 499. The number of hydrogen-bond donors (Lipinski definition) is 1. The molecule has 0 aliphatic carbocycles. The van der Waals surface area contributed by atoms with Crippen LogP contribution in [0.1, 0.15) is 10.4 Å². The molecule has 1 aromatic heterocycles. The minimum absolute atomic E-state index is 0.162. The third-order valence-electron chi connectivity index (χ3n) is 3.14. The van der Waals surface area contributed by atoms with E-state index in [4.69, 9.17) is 0 Å². The maximum Gasteiger partial charge on any atom is 0.123 e. The van der Waals surface area contributed by atoms with Gasteiger partial charge in [-0.2, -0.15) is 0 Å². The number of rotatable bonds is 8. The number of likely N-dealkylation sites (N-methyl/N-ethyl adjacent to an activating group) is 1. The molecule has 0 bridgehead atoms. The predicted octanol–water partition coefficient (Wildman–Crippen LogP) is 3.15. The van der Waals surface area contributed by atoms with Crippen molar-refractivity contribution in [3.63, 3.8) is 0 Å². The second kappa shape index (κ2) is 8.15. The van der Waals surface area contributed by atoms with Crippen LogP contribution >= 0.6 is 11.3 Å². The van der Waals surface area contributed by atoms with Crippen molar-refractivity contribution in [2.24, 2.45) is 0 Å². The molecular weight excluding hydrogens is 271 g/mol. The van der Waals surface area contributed by atoms with E-state index in [2.05, 4.69) is 34.8 Å². The van der Waals surface area contributed by atoms with Crippen molar-refractivity contribution in [3.05, 3.63) is 58.0 Å². The van der Waals surface area contributed by atoms with Gasteiger partial charge in [-0.05, 0) is 42.6 Å². The van der Waals surface area contributed by atoms with Crippen LogP contribution in [0.25, 0.3) is 0 Å². The molecule has 0 saturated carbocycles. The Kier molecular flexibility index (Phi) is 6.18. The lowest BCUT2D eigenvalue weighted by molar-refractivity contribution is 0.324. The Morgan fingerprint density at radius 1 is 1.20 bits per heavy atom. The van der Waals surface area contributed by atoms with Gasteiger partial charge in [0.05, 0.1) is 0 Å². The van der Waals surface area contributed by atoms with Crippen LogP contribution in [-0.4, -0.2) is 31.6 Å². The Morgan fingerprint density at radius 2 is 2.10 bits per heavy atom. The summed E-state index contributed by atoms with van der Waals surface area (Å²) in [6.07, 6.45) is 1.09. The number of nitrogens with zero attached hydrogens (tertiary/aromatic N) is 1. The standard InChI is InChI=1S/C16H21FN2S/c1-19(13-14-4-2-5-15(17)12-14)10-9-18-8-7-16-6-3-11-20-16/h2-6,11-12,18H,7-10,13H2,1H3. The van der Waals surface area contributed by atoms with Crippen LogP contribution in [0.5, 0.6) is 0 Å². The lowest BCUT2D eigenvalue weighted by Gasteiger charge is -2.17. The monoisotopic (exact) mass is 292 g/mol. The fourth-order valence-corrected chi connectivity index (χ4v) is 2.80. The summed E-state index contributed by atoms with van der Waals surface area (Å²) in [4.78, 5) is 3.62. The first kappa shape index (κ1) is 15.2. The first-order chi connectivity index (χ1) is 9.74. The van der Waals surface area contributed by atoms with E-state index in [9.17, 15) is 4.39 Å². The summed E-state index contributed by atoms with van der Waals surface area (Å²) in [6.45, 7) is 3.71. The van der Waals surface area contributed by atoms with Gasteiger partial charge in [0, 0.05) is 31.1 Å². The zero-order valence-electron chi connectivity index (χ0n) is 11.8. The first-order valence-electron chi connectivity index (χ1n) is 6.90. The molecule has 2 rings (SSSR count). The van der Waals surface area contributed by atoms with Crippen LogP contribution in [0.3, 0.4) is 0 Å². The van der Waals surface area contributed by atoms with Gasteiger partial charge in [0.2, 0.25) is 0 Å². The summed E-state index contributed by atoms with van der Waals surface area (Å²) in [5, 5.41) is 5.56. The molecule has 1 N–H and O–H groups in total. The van der Waals surface area contributed by atoms with Gasteiger partial charge in [0.15, 0.2) is 0 Å². The molecular formula is C16H21FN2S. The summed E-state index contributed by atoms with van der Waals surface area (Å²) in [5.41, 5.74) is 1.02. The molecule has 4 heteroatoms. The van der Waals surface area contributed by atoms with E-state index >= 15 is 0 Å². The third-order valence-corrected chi connectivity index (χ3v) is 4.08. The number of halogens is 1. The quantitative estimate of drug-likeness (QED) is 0.752. The highest BCUT2D eigenvalue weighted by Gasteiger charge is 2.01. The number of benzene rings is 1. The number of hydrogen-bond acceptors (Lipinski definition) is 3. The van der Waals surface area contributed by atoms with Gasteiger partial charge >= 0.3 is 0 Å². The smallest absolute Gasteiger partial charge is 0.123 e. The average Bonchev–Trinajstić information content (AvgIpc) is 2.91. The Morgan fingerprint density at radius 3 is 2.85 bits per heavy atom. The molecule has 2 aromatic rings. The van der Waals surface area contributed by atoms with Crippen molar-refractivity contribution in [1.82, 2.24) is 10.2 Å². The van der Waals surface area contributed by atoms with Gasteiger partial charge in [-0.25, -0.2) is 4.39 Å². The van der Waals surface area contributed by atoms with Crippen LogP contribution in [0.4, 0.5) is 4.39 Å². The van der Waals surface area contributed by atoms with E-state index in [0.29, 0.717) is 0 Å². The van der Waals surface area contributed by atoms with Gasteiger partial charge < -0.3 is 10.2 Å². The van der Waals surface area contributed by atoms with Crippen molar-refractivity contribution >= 4 is 11.3 Å². The number of thiophene rings is 1. The van der Waals surface area contributed by atoms with Crippen molar-refractivity contribution < 1.29 is 4.39 Å². The van der Waals surface area contributed by atoms with Crippen molar-refractivity contribution in [3.8, 4) is 0 Å². The molecule has 0 radical (unpaired) electrons. The van der Waals surface area contributed by atoms with Crippen LogP contribution in [0, 0.1) is 5.82 Å². The second-order valence-electron chi connectivity index (χ2n) is 4.95. The van der Waals surface area contributed by atoms with Crippen molar-refractivity contribution in [1.29, 1.82) is 0 Å². The summed E-state index contributed by atoms with van der Waals surface area (Å²) in [7, 11) is 2.06. The van der Waals surface area contributed by atoms with Gasteiger partial charge in [0.1, 0.15) is 5.82 Å². The van der Waals surface area contributed by atoms with E-state index in [1.54, 1.807) is 23.5 Å². The minimum Gasteiger partial charge on any atom is -0.315 e. The molecule has 1 heterocycles. The van der Waals surface area contributed by atoms with Crippen LogP contribution in [-0.2, 0) is 13.0 Å². The van der Waals surface area contributed by atoms with Gasteiger partial charge in [-0.3, -0.25) is 0 Å².